The van der Waals surface area contributed by atoms with Gasteiger partial charge in [0, 0.05) is 6.04 Å². The van der Waals surface area contributed by atoms with Gasteiger partial charge in [0.25, 0.3) is 5.56 Å². The molecule has 0 radical (unpaired) electrons. The molecule has 152 valence electrons. The molecular formula is C22H25N3O3S. The van der Waals surface area contributed by atoms with Crippen molar-refractivity contribution >= 4 is 28.6 Å². The van der Waals surface area contributed by atoms with E-state index in [-0.39, 0.29) is 23.3 Å². The lowest BCUT2D eigenvalue weighted by Gasteiger charge is -2.14. The van der Waals surface area contributed by atoms with Gasteiger partial charge >= 0.3 is 0 Å². The number of rotatable bonds is 8. The third-order valence-corrected chi connectivity index (χ3v) is 5.65. The molecule has 29 heavy (non-hydrogen) atoms. The van der Waals surface area contributed by atoms with E-state index in [1.165, 1.54) is 11.8 Å². The number of hydrogen-bond donors (Lipinski definition) is 1. The van der Waals surface area contributed by atoms with Crippen LogP contribution in [0.2, 0.25) is 0 Å². The maximum Gasteiger partial charge on any atom is 0.262 e. The minimum absolute atomic E-state index is 0.0669. The first-order valence-corrected chi connectivity index (χ1v) is 10.5. The predicted molar refractivity (Wildman–Crippen MR) is 117 cm³/mol. The summed E-state index contributed by atoms with van der Waals surface area (Å²) in [5.41, 5.74) is 1.47. The number of ether oxygens (including phenoxy) is 1. The fraction of sp³-hybridized carbons (Fsp3) is 0.318. The van der Waals surface area contributed by atoms with Crippen molar-refractivity contribution in [3.8, 4) is 5.75 Å². The molecule has 3 aromatic rings. The Morgan fingerprint density at radius 1 is 1.21 bits per heavy atom. The van der Waals surface area contributed by atoms with Gasteiger partial charge in [0.15, 0.2) is 5.16 Å². The van der Waals surface area contributed by atoms with E-state index in [1.807, 2.05) is 56.3 Å². The monoisotopic (exact) mass is 411 g/mol. The SMILES string of the molecule is CC[C@@H](C)NC(=O)CSc1nc2ccccc2c(=O)n1Cc1ccc(OC)cc1. The number of amides is 1. The predicted octanol–water partition coefficient (Wildman–Crippen LogP) is 3.46. The first-order chi connectivity index (χ1) is 14.0. The summed E-state index contributed by atoms with van der Waals surface area (Å²) in [5.74, 6) is 0.898. The highest BCUT2D eigenvalue weighted by atomic mass is 32.2. The summed E-state index contributed by atoms with van der Waals surface area (Å²) in [6.07, 6.45) is 0.868. The van der Waals surface area contributed by atoms with Gasteiger partial charge in [-0.2, -0.15) is 0 Å². The van der Waals surface area contributed by atoms with Gasteiger partial charge in [-0.3, -0.25) is 14.2 Å². The second-order valence-electron chi connectivity index (χ2n) is 6.82. The van der Waals surface area contributed by atoms with Crippen LogP contribution in [0.15, 0.2) is 58.5 Å². The molecule has 0 aliphatic rings. The zero-order chi connectivity index (χ0) is 20.8. The van der Waals surface area contributed by atoms with Crippen molar-refractivity contribution in [2.24, 2.45) is 0 Å². The number of methoxy groups -OCH3 is 1. The molecule has 0 spiro atoms. The van der Waals surface area contributed by atoms with Gasteiger partial charge in [0.05, 0.1) is 30.3 Å². The van der Waals surface area contributed by atoms with Crippen LogP contribution in [0, 0.1) is 0 Å². The number of hydrogen-bond acceptors (Lipinski definition) is 5. The summed E-state index contributed by atoms with van der Waals surface area (Å²) in [6.45, 7) is 4.36. The summed E-state index contributed by atoms with van der Waals surface area (Å²) in [6, 6.07) is 15.0. The quantitative estimate of drug-likeness (QED) is 0.454. The molecule has 0 saturated carbocycles. The van der Waals surface area contributed by atoms with Crippen molar-refractivity contribution in [3.05, 3.63) is 64.4 Å². The van der Waals surface area contributed by atoms with Crippen molar-refractivity contribution in [1.29, 1.82) is 0 Å². The lowest BCUT2D eigenvalue weighted by atomic mass is 10.2. The smallest absolute Gasteiger partial charge is 0.262 e. The second-order valence-corrected chi connectivity index (χ2v) is 7.76. The average molecular weight is 412 g/mol. The van der Waals surface area contributed by atoms with Crippen LogP contribution in [0.25, 0.3) is 10.9 Å². The number of aromatic nitrogens is 2. The number of carbonyl (C=O) groups is 1. The van der Waals surface area contributed by atoms with E-state index in [1.54, 1.807) is 17.7 Å². The van der Waals surface area contributed by atoms with E-state index in [2.05, 4.69) is 10.3 Å². The third kappa shape index (κ3) is 5.17. The van der Waals surface area contributed by atoms with E-state index in [0.29, 0.717) is 22.6 Å². The minimum atomic E-state index is -0.115. The van der Waals surface area contributed by atoms with Crippen LogP contribution in [0.3, 0.4) is 0 Å². The van der Waals surface area contributed by atoms with Crippen LogP contribution < -0.4 is 15.6 Å². The molecule has 0 bridgehead atoms. The molecule has 6 nitrogen and oxygen atoms in total. The molecule has 0 fully saturated rings. The van der Waals surface area contributed by atoms with E-state index in [4.69, 9.17) is 4.74 Å². The van der Waals surface area contributed by atoms with Crippen LogP contribution in [0.5, 0.6) is 5.75 Å². The number of fused-ring (bicyclic) bond motifs is 1. The van der Waals surface area contributed by atoms with Gasteiger partial charge in [-0.05, 0) is 43.2 Å². The lowest BCUT2D eigenvalue weighted by molar-refractivity contribution is -0.119. The summed E-state index contributed by atoms with van der Waals surface area (Å²) in [7, 11) is 1.62. The Morgan fingerprint density at radius 3 is 2.62 bits per heavy atom. The Hall–Kier alpha value is -2.80. The molecule has 0 aliphatic heterocycles. The van der Waals surface area contributed by atoms with Gasteiger partial charge in [-0.25, -0.2) is 4.98 Å². The van der Waals surface area contributed by atoms with Crippen molar-refractivity contribution in [3.63, 3.8) is 0 Å². The Kier molecular flexibility index (Phi) is 6.93. The number of nitrogens with zero attached hydrogens (tertiary/aromatic N) is 2. The summed E-state index contributed by atoms with van der Waals surface area (Å²) < 4.78 is 6.83. The van der Waals surface area contributed by atoms with E-state index >= 15 is 0 Å². The van der Waals surface area contributed by atoms with Gasteiger partial charge in [-0.15, -0.1) is 0 Å². The van der Waals surface area contributed by atoms with Crippen LogP contribution in [0.4, 0.5) is 0 Å². The molecule has 1 heterocycles. The second kappa shape index (κ2) is 9.60. The standard InChI is InChI=1S/C22H25N3O3S/c1-4-15(2)23-20(26)14-29-22-24-19-8-6-5-7-18(19)21(27)25(22)13-16-9-11-17(28-3)12-10-16/h5-12,15H,4,13-14H2,1-3H3,(H,23,26)/t15-/m1/s1. The van der Waals surface area contributed by atoms with Gasteiger partial charge < -0.3 is 10.1 Å². The van der Waals surface area contributed by atoms with Gasteiger partial charge in [-0.1, -0.05) is 43.0 Å². The van der Waals surface area contributed by atoms with Crippen LogP contribution in [-0.2, 0) is 11.3 Å². The molecular weight excluding hydrogens is 386 g/mol. The highest BCUT2D eigenvalue weighted by Crippen LogP contribution is 2.20. The first kappa shape index (κ1) is 20.9. The molecule has 3 rings (SSSR count). The normalized spacial score (nSPS) is 12.0. The highest BCUT2D eigenvalue weighted by Gasteiger charge is 2.14. The molecule has 1 amide bonds. The largest absolute Gasteiger partial charge is 0.497 e. The highest BCUT2D eigenvalue weighted by molar-refractivity contribution is 7.99. The van der Waals surface area contributed by atoms with Crippen LogP contribution in [-0.4, -0.2) is 34.4 Å². The molecule has 7 heteroatoms. The van der Waals surface area contributed by atoms with Crippen LogP contribution >= 0.6 is 11.8 Å². The molecule has 1 atom stereocenters. The molecule has 0 unspecified atom stereocenters. The summed E-state index contributed by atoms with van der Waals surface area (Å²) in [5, 5.41) is 4.04. The van der Waals surface area contributed by atoms with Gasteiger partial charge in [0.1, 0.15) is 5.75 Å². The Bertz CT molecular complexity index is 1050. The maximum atomic E-state index is 13.1. The minimum Gasteiger partial charge on any atom is -0.497 e. The zero-order valence-electron chi connectivity index (χ0n) is 16.8. The maximum absolute atomic E-state index is 13.1. The topological polar surface area (TPSA) is 73.2 Å². The molecule has 2 aromatic carbocycles. The fourth-order valence-electron chi connectivity index (χ4n) is 2.86. The van der Waals surface area contributed by atoms with Crippen molar-refractivity contribution in [1.82, 2.24) is 14.9 Å². The Balaban J connectivity index is 1.92. The number of para-hydroxylation sites is 1. The van der Waals surface area contributed by atoms with Crippen LogP contribution in [0.1, 0.15) is 25.8 Å². The number of thioether (sulfide) groups is 1. The number of benzene rings is 2. The Morgan fingerprint density at radius 2 is 1.93 bits per heavy atom. The first-order valence-electron chi connectivity index (χ1n) is 9.56. The van der Waals surface area contributed by atoms with Crippen molar-refractivity contribution in [2.45, 2.75) is 38.0 Å². The zero-order valence-corrected chi connectivity index (χ0v) is 17.7. The molecule has 0 aliphatic carbocycles. The van der Waals surface area contributed by atoms with E-state index in [9.17, 15) is 9.59 Å². The third-order valence-electron chi connectivity index (χ3n) is 4.68. The summed E-state index contributed by atoms with van der Waals surface area (Å²) in [4.78, 5) is 30.0. The fourth-order valence-corrected chi connectivity index (χ4v) is 3.67. The molecule has 0 saturated heterocycles. The summed E-state index contributed by atoms with van der Waals surface area (Å²) >= 11 is 1.28. The van der Waals surface area contributed by atoms with Crippen molar-refractivity contribution in [2.75, 3.05) is 12.9 Å². The number of carbonyl (C=O) groups excluding carboxylic acids is 1. The van der Waals surface area contributed by atoms with E-state index in [0.717, 1.165) is 17.7 Å². The van der Waals surface area contributed by atoms with Gasteiger partial charge in [0.2, 0.25) is 5.91 Å². The number of nitrogens with one attached hydrogen (secondary N) is 1. The van der Waals surface area contributed by atoms with E-state index < -0.39 is 0 Å². The molecule has 1 aromatic heterocycles. The van der Waals surface area contributed by atoms with Crippen molar-refractivity contribution < 1.29 is 9.53 Å². The lowest BCUT2D eigenvalue weighted by Crippen LogP contribution is -2.33. The molecule has 1 N–H and O–H groups in total. The average Bonchev–Trinajstić information content (AvgIpc) is 2.75. The Labute approximate surface area is 174 Å².